The molecular formula is C33H24N2O3. The number of anilines is 2. The largest absolute Gasteiger partial charge is 0.352 e. The molecule has 1 amide bonds. The molecule has 4 aromatic carbocycles. The molecule has 38 heavy (non-hydrogen) atoms. The molecular weight excluding hydrogens is 472 g/mol. The Kier molecular flexibility index (Phi) is 4.95. The quantitative estimate of drug-likeness (QED) is 0.377. The van der Waals surface area contributed by atoms with Crippen molar-refractivity contribution in [3.63, 3.8) is 0 Å². The normalized spacial score (nSPS) is 24.5. The summed E-state index contributed by atoms with van der Waals surface area (Å²) in [7, 11) is 0. The number of hydrogen-bond acceptors (Lipinski definition) is 4. The Balaban J connectivity index is 1.55. The average molecular weight is 497 g/mol. The maximum Gasteiger partial charge on any atom is 0.238 e. The van der Waals surface area contributed by atoms with Crippen LogP contribution in [0.3, 0.4) is 0 Å². The van der Waals surface area contributed by atoms with Crippen molar-refractivity contribution < 1.29 is 14.4 Å². The average Bonchev–Trinajstić information content (AvgIpc) is 3.45. The van der Waals surface area contributed by atoms with Gasteiger partial charge in [0.15, 0.2) is 11.6 Å². The number of amides is 1. The maximum atomic E-state index is 14.6. The summed E-state index contributed by atoms with van der Waals surface area (Å²) in [6.07, 6.45) is 4.00. The fraction of sp³-hybridized carbons (Fsp3) is 0.121. The van der Waals surface area contributed by atoms with Crippen molar-refractivity contribution in [2.75, 3.05) is 10.2 Å². The van der Waals surface area contributed by atoms with Gasteiger partial charge in [0.2, 0.25) is 5.91 Å². The van der Waals surface area contributed by atoms with Gasteiger partial charge in [-0.3, -0.25) is 14.4 Å². The first-order valence-corrected chi connectivity index (χ1v) is 12.8. The number of ketones is 2. The summed E-state index contributed by atoms with van der Waals surface area (Å²) in [5.41, 5.74) is 2.93. The van der Waals surface area contributed by atoms with Crippen LogP contribution < -0.4 is 10.2 Å². The number of hydrogen-bond donors (Lipinski definition) is 1. The van der Waals surface area contributed by atoms with Crippen molar-refractivity contribution >= 4 is 34.9 Å². The smallest absolute Gasteiger partial charge is 0.238 e. The number of fused-ring (bicyclic) bond motifs is 6. The first-order chi connectivity index (χ1) is 18.6. The fourth-order valence-corrected chi connectivity index (χ4v) is 6.67. The van der Waals surface area contributed by atoms with Gasteiger partial charge in [0.25, 0.3) is 0 Å². The van der Waals surface area contributed by atoms with Gasteiger partial charge >= 0.3 is 0 Å². The van der Waals surface area contributed by atoms with Gasteiger partial charge in [-0.1, -0.05) is 109 Å². The molecule has 5 nitrogen and oxygen atoms in total. The molecule has 1 fully saturated rings. The number of nitrogens with zero attached hydrogens (tertiary/aromatic N) is 1. The van der Waals surface area contributed by atoms with E-state index < -0.39 is 23.4 Å². The molecule has 5 heteroatoms. The third kappa shape index (κ3) is 2.96. The number of Topliss-reactive ketones (excluding diaryl/α,β-unsaturated/α-hetero) is 2. The second-order valence-corrected chi connectivity index (χ2v) is 10.0. The highest BCUT2D eigenvalue weighted by Crippen LogP contribution is 2.58. The highest BCUT2D eigenvalue weighted by atomic mass is 16.2. The summed E-state index contributed by atoms with van der Waals surface area (Å²) >= 11 is 0. The van der Waals surface area contributed by atoms with Crippen LogP contribution in [-0.2, 0) is 10.2 Å². The van der Waals surface area contributed by atoms with Crippen LogP contribution in [0.5, 0.6) is 0 Å². The van der Waals surface area contributed by atoms with E-state index >= 15 is 0 Å². The molecule has 0 unspecified atom stereocenters. The predicted molar refractivity (Wildman–Crippen MR) is 147 cm³/mol. The Morgan fingerprint density at radius 1 is 0.711 bits per heavy atom. The van der Waals surface area contributed by atoms with Gasteiger partial charge < -0.3 is 10.2 Å². The zero-order valence-corrected chi connectivity index (χ0v) is 20.5. The van der Waals surface area contributed by atoms with Gasteiger partial charge in [-0.25, -0.2) is 0 Å². The summed E-state index contributed by atoms with van der Waals surface area (Å²) < 4.78 is 0. The van der Waals surface area contributed by atoms with Crippen LogP contribution in [0.2, 0.25) is 0 Å². The van der Waals surface area contributed by atoms with E-state index in [9.17, 15) is 14.4 Å². The summed E-state index contributed by atoms with van der Waals surface area (Å²) in [5, 5.41) is 3.06. The lowest BCUT2D eigenvalue weighted by atomic mass is 9.64. The topological polar surface area (TPSA) is 66.5 Å². The van der Waals surface area contributed by atoms with E-state index in [1.807, 2.05) is 102 Å². The van der Waals surface area contributed by atoms with Gasteiger partial charge in [0.05, 0.1) is 12.0 Å². The molecule has 3 aliphatic rings. The standard InChI is InChI=1S/C33H24N2O3/c36-30(22-12-3-1-4-13-22)28-29(31(37)23-14-5-2-6-15-23)35-26-18-10-7-11-21(26)19-20-27(35)33(28)24-16-8-9-17-25(24)34-32(33)38/h1-20,27-29H,(H,34,38)/t27-,28+,29+,33+/m1/s1. The fourth-order valence-electron chi connectivity index (χ4n) is 6.67. The zero-order chi connectivity index (χ0) is 25.9. The first kappa shape index (κ1) is 22.4. The predicted octanol–water partition coefficient (Wildman–Crippen LogP) is 5.54. The highest BCUT2D eigenvalue weighted by molar-refractivity contribution is 6.18. The lowest BCUT2D eigenvalue weighted by molar-refractivity contribution is -0.121. The van der Waals surface area contributed by atoms with Crippen LogP contribution in [0.25, 0.3) is 6.08 Å². The van der Waals surface area contributed by atoms with E-state index in [1.54, 1.807) is 24.3 Å². The van der Waals surface area contributed by atoms with E-state index in [0.717, 1.165) is 16.8 Å². The lowest BCUT2D eigenvalue weighted by Crippen LogP contribution is -2.51. The zero-order valence-electron chi connectivity index (χ0n) is 20.5. The Labute approximate surface area is 220 Å². The minimum absolute atomic E-state index is 0.177. The van der Waals surface area contributed by atoms with Crippen LogP contribution in [0.1, 0.15) is 31.8 Å². The molecule has 184 valence electrons. The van der Waals surface area contributed by atoms with Gasteiger partial charge in [-0.15, -0.1) is 0 Å². The van der Waals surface area contributed by atoms with Crippen molar-refractivity contribution in [3.8, 4) is 0 Å². The van der Waals surface area contributed by atoms with Crippen LogP contribution in [0, 0.1) is 5.92 Å². The molecule has 3 heterocycles. The van der Waals surface area contributed by atoms with Gasteiger partial charge in [-0.05, 0) is 23.3 Å². The Morgan fingerprint density at radius 3 is 2.05 bits per heavy atom. The van der Waals surface area contributed by atoms with Gasteiger partial charge in [-0.2, -0.15) is 0 Å². The van der Waals surface area contributed by atoms with E-state index in [-0.39, 0.29) is 17.5 Å². The van der Waals surface area contributed by atoms with Crippen molar-refractivity contribution in [3.05, 3.63) is 138 Å². The number of carbonyl (C=O) groups is 3. The van der Waals surface area contributed by atoms with E-state index in [1.165, 1.54) is 0 Å². The Bertz CT molecular complexity index is 1630. The van der Waals surface area contributed by atoms with Crippen molar-refractivity contribution in [2.45, 2.75) is 17.5 Å². The molecule has 3 aliphatic heterocycles. The van der Waals surface area contributed by atoms with E-state index in [0.29, 0.717) is 16.8 Å². The van der Waals surface area contributed by atoms with E-state index in [4.69, 9.17) is 0 Å². The molecule has 0 radical (unpaired) electrons. The Morgan fingerprint density at radius 2 is 1.32 bits per heavy atom. The first-order valence-electron chi connectivity index (χ1n) is 12.8. The molecule has 1 spiro atoms. The van der Waals surface area contributed by atoms with Crippen LogP contribution in [0.4, 0.5) is 11.4 Å². The van der Waals surface area contributed by atoms with Crippen molar-refractivity contribution in [1.29, 1.82) is 0 Å². The highest BCUT2D eigenvalue weighted by Gasteiger charge is 2.70. The monoisotopic (exact) mass is 496 g/mol. The molecule has 4 atom stereocenters. The summed E-state index contributed by atoms with van der Waals surface area (Å²) in [6, 6.07) is 32.1. The molecule has 0 saturated carbocycles. The van der Waals surface area contributed by atoms with Crippen molar-refractivity contribution in [1.82, 2.24) is 0 Å². The third-order valence-corrected chi connectivity index (χ3v) is 8.21. The SMILES string of the molecule is O=C(c1ccccc1)[C@@H]1[C@@H](C(=O)c2ccccc2)[C@@]2(C(=O)Nc3ccccc32)[C@H]2C=Cc3ccccc3N12. The van der Waals surface area contributed by atoms with E-state index in [2.05, 4.69) is 5.32 Å². The summed E-state index contributed by atoms with van der Waals surface area (Å²) in [5.74, 6) is -1.60. The molecule has 4 aromatic rings. The van der Waals surface area contributed by atoms with Crippen LogP contribution >= 0.6 is 0 Å². The lowest BCUT2D eigenvalue weighted by Gasteiger charge is -2.37. The minimum atomic E-state index is -1.29. The minimum Gasteiger partial charge on any atom is -0.352 e. The van der Waals surface area contributed by atoms with Crippen LogP contribution in [-0.4, -0.2) is 29.6 Å². The molecule has 0 aromatic heterocycles. The molecule has 0 aliphatic carbocycles. The molecule has 7 rings (SSSR count). The molecule has 1 saturated heterocycles. The number of rotatable bonds is 4. The van der Waals surface area contributed by atoms with Gasteiger partial charge in [0.1, 0.15) is 11.5 Å². The Hall–Kier alpha value is -4.77. The number of carbonyl (C=O) groups excluding carboxylic acids is 3. The van der Waals surface area contributed by atoms with Gasteiger partial charge in [0, 0.05) is 22.5 Å². The second-order valence-electron chi connectivity index (χ2n) is 10.0. The number of nitrogens with one attached hydrogen (secondary N) is 1. The summed E-state index contributed by atoms with van der Waals surface area (Å²) in [4.78, 5) is 45.3. The maximum absolute atomic E-state index is 14.6. The molecule has 1 N–H and O–H groups in total. The summed E-state index contributed by atoms with van der Waals surface area (Å²) in [6.45, 7) is 0. The number of benzene rings is 4. The van der Waals surface area contributed by atoms with Crippen LogP contribution in [0.15, 0.2) is 115 Å². The third-order valence-electron chi connectivity index (χ3n) is 8.21. The second kappa shape index (κ2) is 8.38. The number of para-hydroxylation sites is 2. The molecule has 0 bridgehead atoms. The van der Waals surface area contributed by atoms with Crippen molar-refractivity contribution in [2.24, 2.45) is 5.92 Å².